The summed E-state index contributed by atoms with van der Waals surface area (Å²) >= 11 is 5.89. The summed E-state index contributed by atoms with van der Waals surface area (Å²) in [7, 11) is -3.66. The molecule has 0 fully saturated rings. The summed E-state index contributed by atoms with van der Waals surface area (Å²) in [5.74, 6) is -0.00811. The van der Waals surface area contributed by atoms with Crippen LogP contribution >= 0.6 is 11.6 Å². The molecule has 2 aromatic rings. The van der Waals surface area contributed by atoms with Crippen LogP contribution in [0.25, 0.3) is 0 Å². The number of nitrogens with zero attached hydrogens (tertiary/aromatic N) is 1. The number of hydrogen-bond donors (Lipinski definition) is 0. The van der Waals surface area contributed by atoms with E-state index in [9.17, 15) is 13.2 Å². The lowest BCUT2D eigenvalue weighted by Gasteiger charge is -2.21. The maximum atomic E-state index is 12.0. The fourth-order valence-electron chi connectivity index (χ4n) is 2.14. The predicted octanol–water partition coefficient (Wildman–Crippen LogP) is 3.04. The first kappa shape index (κ1) is 20.1. The summed E-state index contributed by atoms with van der Waals surface area (Å²) in [6.07, 6.45) is 1.02. The van der Waals surface area contributed by atoms with E-state index in [1.807, 2.05) is 31.2 Å². The lowest BCUT2D eigenvalue weighted by molar-refractivity contribution is -0.142. The normalized spacial score (nSPS) is 11.0. The lowest BCUT2D eigenvalue weighted by Crippen LogP contribution is -2.36. The molecule has 0 heterocycles. The number of hydrogen-bond acceptors (Lipinski definition) is 5. The second-order valence-electron chi connectivity index (χ2n) is 5.63. The average molecular weight is 398 g/mol. The number of carbonyl (C=O) groups excluding carboxylic acids is 1. The van der Waals surface area contributed by atoms with E-state index in [4.69, 9.17) is 21.1 Å². The van der Waals surface area contributed by atoms with Crippen molar-refractivity contribution in [3.05, 3.63) is 59.1 Å². The first-order valence-corrected chi connectivity index (χ1v) is 10.1. The Bertz CT molecular complexity index is 852. The molecule has 0 amide bonds. The van der Waals surface area contributed by atoms with Crippen LogP contribution in [0, 0.1) is 6.92 Å². The zero-order valence-electron chi connectivity index (χ0n) is 14.5. The van der Waals surface area contributed by atoms with Crippen LogP contribution in [0.2, 0.25) is 5.02 Å². The minimum absolute atomic E-state index is 0.0137. The SMILES string of the molecule is Cc1ccc(OCCOC(=O)CN(c2cccc(Cl)c2)S(C)(=O)=O)cc1. The van der Waals surface area contributed by atoms with Crippen LogP contribution in [0.3, 0.4) is 0 Å². The van der Waals surface area contributed by atoms with E-state index in [1.165, 1.54) is 6.07 Å². The van der Waals surface area contributed by atoms with Crippen LogP contribution in [-0.4, -0.2) is 40.4 Å². The number of sulfonamides is 1. The Kier molecular flexibility index (Phi) is 6.88. The zero-order valence-corrected chi connectivity index (χ0v) is 16.1. The molecule has 0 N–H and O–H groups in total. The van der Waals surface area contributed by atoms with Gasteiger partial charge in [-0.2, -0.15) is 0 Å². The van der Waals surface area contributed by atoms with Crippen LogP contribution in [0.4, 0.5) is 5.69 Å². The number of carbonyl (C=O) groups is 1. The van der Waals surface area contributed by atoms with Crippen molar-refractivity contribution in [2.75, 3.05) is 30.3 Å². The molecule has 0 aliphatic rings. The third-order valence-corrected chi connectivity index (χ3v) is 4.78. The van der Waals surface area contributed by atoms with Gasteiger partial charge in [-0.25, -0.2) is 8.42 Å². The average Bonchev–Trinajstić information content (AvgIpc) is 2.57. The van der Waals surface area contributed by atoms with Gasteiger partial charge < -0.3 is 9.47 Å². The van der Waals surface area contributed by atoms with E-state index >= 15 is 0 Å². The summed E-state index contributed by atoms with van der Waals surface area (Å²) in [5.41, 5.74) is 1.42. The quantitative estimate of drug-likeness (QED) is 0.505. The summed E-state index contributed by atoms with van der Waals surface area (Å²) in [4.78, 5) is 12.0. The van der Waals surface area contributed by atoms with Crippen molar-refractivity contribution >= 4 is 33.3 Å². The Morgan fingerprint density at radius 3 is 2.42 bits per heavy atom. The third kappa shape index (κ3) is 6.24. The Morgan fingerprint density at radius 1 is 1.12 bits per heavy atom. The summed E-state index contributed by atoms with van der Waals surface area (Å²) < 4.78 is 35.4. The molecule has 140 valence electrons. The number of ether oxygens (including phenoxy) is 2. The molecule has 6 nitrogen and oxygen atoms in total. The molecule has 26 heavy (non-hydrogen) atoms. The second-order valence-corrected chi connectivity index (χ2v) is 7.97. The van der Waals surface area contributed by atoms with Gasteiger partial charge in [-0.15, -0.1) is 0 Å². The molecule has 0 unspecified atom stereocenters. The lowest BCUT2D eigenvalue weighted by atomic mass is 10.2. The number of rotatable bonds is 8. The van der Waals surface area contributed by atoms with Crippen molar-refractivity contribution in [2.45, 2.75) is 6.92 Å². The molecule has 0 aliphatic heterocycles. The number of benzene rings is 2. The summed E-state index contributed by atoms with van der Waals surface area (Å²) in [5, 5.41) is 0.371. The zero-order chi connectivity index (χ0) is 19.2. The van der Waals surface area contributed by atoms with E-state index in [0.717, 1.165) is 16.1 Å². The fraction of sp³-hybridized carbons (Fsp3) is 0.278. The van der Waals surface area contributed by atoms with E-state index in [2.05, 4.69) is 0 Å². The van der Waals surface area contributed by atoms with Gasteiger partial charge in [0.15, 0.2) is 0 Å². The third-order valence-electron chi connectivity index (χ3n) is 3.41. The van der Waals surface area contributed by atoms with Crippen molar-refractivity contribution < 1.29 is 22.7 Å². The highest BCUT2D eigenvalue weighted by atomic mass is 35.5. The first-order chi connectivity index (χ1) is 12.3. The molecule has 8 heteroatoms. The summed E-state index contributed by atoms with van der Waals surface area (Å²) in [6, 6.07) is 13.7. The van der Waals surface area contributed by atoms with Crippen molar-refractivity contribution in [3.8, 4) is 5.75 Å². The van der Waals surface area contributed by atoms with Crippen LogP contribution in [0.15, 0.2) is 48.5 Å². The predicted molar refractivity (Wildman–Crippen MR) is 101 cm³/mol. The number of halogens is 1. The molecule has 0 aromatic heterocycles. The van der Waals surface area contributed by atoms with E-state index in [-0.39, 0.29) is 13.2 Å². The highest BCUT2D eigenvalue weighted by molar-refractivity contribution is 7.92. The van der Waals surface area contributed by atoms with Gasteiger partial charge >= 0.3 is 5.97 Å². The largest absolute Gasteiger partial charge is 0.490 e. The molecule has 0 spiro atoms. The smallest absolute Gasteiger partial charge is 0.326 e. The maximum Gasteiger partial charge on any atom is 0.326 e. The van der Waals surface area contributed by atoms with Crippen molar-refractivity contribution in [3.63, 3.8) is 0 Å². The minimum atomic E-state index is -3.66. The Balaban J connectivity index is 1.88. The van der Waals surface area contributed by atoms with Crippen LogP contribution < -0.4 is 9.04 Å². The van der Waals surface area contributed by atoms with Crippen LogP contribution in [-0.2, 0) is 19.6 Å². The minimum Gasteiger partial charge on any atom is -0.490 e. The molecule has 2 rings (SSSR count). The molecule has 0 aliphatic carbocycles. The summed E-state index contributed by atoms with van der Waals surface area (Å²) in [6.45, 7) is 1.72. The van der Waals surface area contributed by atoms with Crippen LogP contribution in [0.5, 0.6) is 5.75 Å². The standard InChI is InChI=1S/C18H20ClNO5S/c1-14-6-8-17(9-7-14)24-10-11-25-18(21)13-20(26(2,22)23)16-5-3-4-15(19)12-16/h3-9,12H,10-11,13H2,1-2H3. The van der Waals surface area contributed by atoms with Gasteiger partial charge in [-0.05, 0) is 37.3 Å². The van der Waals surface area contributed by atoms with E-state index in [1.54, 1.807) is 18.2 Å². The monoisotopic (exact) mass is 397 g/mol. The Hall–Kier alpha value is -2.25. The maximum absolute atomic E-state index is 12.0. The van der Waals surface area contributed by atoms with Crippen molar-refractivity contribution in [2.24, 2.45) is 0 Å². The number of aryl methyl sites for hydroxylation is 1. The van der Waals surface area contributed by atoms with Crippen LogP contribution in [0.1, 0.15) is 5.56 Å². The number of anilines is 1. The number of esters is 1. The highest BCUT2D eigenvalue weighted by Crippen LogP contribution is 2.21. The molecule has 0 radical (unpaired) electrons. The van der Waals surface area contributed by atoms with Gasteiger partial charge in [0, 0.05) is 5.02 Å². The second kappa shape index (κ2) is 8.91. The van der Waals surface area contributed by atoms with Crippen molar-refractivity contribution in [1.82, 2.24) is 0 Å². The van der Waals surface area contributed by atoms with E-state index in [0.29, 0.717) is 16.5 Å². The van der Waals surface area contributed by atoms with Gasteiger partial charge in [-0.3, -0.25) is 9.10 Å². The molecule has 0 bridgehead atoms. The van der Waals surface area contributed by atoms with Gasteiger partial charge in [0.2, 0.25) is 10.0 Å². The van der Waals surface area contributed by atoms with E-state index < -0.39 is 22.5 Å². The van der Waals surface area contributed by atoms with Gasteiger partial charge in [-0.1, -0.05) is 35.4 Å². The molecule has 0 atom stereocenters. The Morgan fingerprint density at radius 2 is 1.81 bits per heavy atom. The molecular formula is C18H20ClNO5S. The van der Waals surface area contributed by atoms with Gasteiger partial charge in [0.05, 0.1) is 11.9 Å². The highest BCUT2D eigenvalue weighted by Gasteiger charge is 2.21. The van der Waals surface area contributed by atoms with Gasteiger partial charge in [0.25, 0.3) is 0 Å². The molecule has 0 saturated carbocycles. The first-order valence-electron chi connectivity index (χ1n) is 7.84. The van der Waals surface area contributed by atoms with Crippen molar-refractivity contribution in [1.29, 1.82) is 0 Å². The molecule has 2 aromatic carbocycles. The fourth-order valence-corrected chi connectivity index (χ4v) is 3.16. The topological polar surface area (TPSA) is 72.9 Å². The molecule has 0 saturated heterocycles. The van der Waals surface area contributed by atoms with Gasteiger partial charge in [0.1, 0.15) is 25.5 Å². The Labute approximate surface area is 158 Å². The molecular weight excluding hydrogens is 378 g/mol.